The van der Waals surface area contributed by atoms with E-state index < -0.39 is 0 Å². The second-order valence-electron chi connectivity index (χ2n) is 2.92. The number of hydrogen-bond donors (Lipinski definition) is 0. The Morgan fingerprint density at radius 1 is 1.33 bits per heavy atom. The molecule has 2 nitrogen and oxygen atoms in total. The molecule has 0 aliphatic heterocycles. The summed E-state index contributed by atoms with van der Waals surface area (Å²) in [5.74, 6) is 1.44. The predicted molar refractivity (Wildman–Crippen MR) is 63.4 cm³/mol. The van der Waals surface area contributed by atoms with Crippen LogP contribution in [0.3, 0.4) is 0 Å². The molecule has 1 heterocycles. The predicted octanol–water partition coefficient (Wildman–Crippen LogP) is 4.37. The molecular formula is C11H8BrClO2. The standard InChI is InChI=1S/C11H8BrClO2/c1-14-9-5-4-7(13)10(11(9)12)8-3-2-6-15-8/h2-6H,1H3. The van der Waals surface area contributed by atoms with Crippen LogP contribution in [-0.2, 0) is 0 Å². The Labute approximate surface area is 101 Å². The van der Waals surface area contributed by atoms with Crippen LogP contribution in [0.2, 0.25) is 5.02 Å². The number of benzene rings is 1. The van der Waals surface area contributed by atoms with E-state index in [-0.39, 0.29) is 0 Å². The van der Waals surface area contributed by atoms with Crippen molar-refractivity contribution in [3.8, 4) is 17.1 Å². The van der Waals surface area contributed by atoms with Gasteiger partial charge >= 0.3 is 0 Å². The topological polar surface area (TPSA) is 22.4 Å². The Morgan fingerprint density at radius 3 is 2.73 bits per heavy atom. The number of halogens is 2. The lowest BCUT2D eigenvalue weighted by atomic mass is 10.1. The van der Waals surface area contributed by atoms with Gasteiger partial charge in [0, 0.05) is 0 Å². The number of methoxy groups -OCH3 is 1. The average Bonchev–Trinajstić information content (AvgIpc) is 2.71. The minimum Gasteiger partial charge on any atom is -0.496 e. The van der Waals surface area contributed by atoms with Gasteiger partial charge in [-0.1, -0.05) is 11.6 Å². The first-order chi connectivity index (χ1) is 7.24. The second-order valence-corrected chi connectivity index (χ2v) is 4.12. The fraction of sp³-hybridized carbons (Fsp3) is 0.0909. The lowest BCUT2D eigenvalue weighted by Gasteiger charge is -2.08. The molecule has 0 saturated carbocycles. The van der Waals surface area contributed by atoms with Crippen molar-refractivity contribution in [1.29, 1.82) is 0 Å². The first-order valence-corrected chi connectivity index (χ1v) is 5.47. The average molecular weight is 288 g/mol. The zero-order valence-corrected chi connectivity index (χ0v) is 10.3. The molecule has 0 spiro atoms. The van der Waals surface area contributed by atoms with Crippen molar-refractivity contribution < 1.29 is 9.15 Å². The highest BCUT2D eigenvalue weighted by atomic mass is 79.9. The molecule has 0 aliphatic carbocycles. The summed E-state index contributed by atoms with van der Waals surface area (Å²) in [6.45, 7) is 0. The van der Waals surface area contributed by atoms with Gasteiger partial charge < -0.3 is 9.15 Å². The summed E-state index contributed by atoms with van der Waals surface area (Å²) in [6.07, 6.45) is 1.61. The van der Waals surface area contributed by atoms with Gasteiger partial charge in [-0.25, -0.2) is 0 Å². The maximum Gasteiger partial charge on any atom is 0.136 e. The number of ether oxygens (including phenoxy) is 1. The van der Waals surface area contributed by atoms with E-state index in [0.29, 0.717) is 10.8 Å². The van der Waals surface area contributed by atoms with Gasteiger partial charge in [0.05, 0.1) is 28.4 Å². The van der Waals surface area contributed by atoms with Crippen molar-refractivity contribution in [1.82, 2.24) is 0 Å². The normalized spacial score (nSPS) is 10.3. The number of hydrogen-bond acceptors (Lipinski definition) is 2. The first-order valence-electron chi connectivity index (χ1n) is 4.30. The third-order valence-corrected chi connectivity index (χ3v) is 3.15. The zero-order chi connectivity index (χ0) is 10.8. The molecule has 0 amide bonds. The molecule has 78 valence electrons. The van der Waals surface area contributed by atoms with Crippen LogP contribution in [0.15, 0.2) is 39.4 Å². The molecule has 0 aliphatic rings. The van der Waals surface area contributed by atoms with E-state index in [1.807, 2.05) is 12.1 Å². The molecular weight excluding hydrogens is 279 g/mol. The Bertz CT molecular complexity index is 466. The summed E-state index contributed by atoms with van der Waals surface area (Å²) < 4.78 is 11.3. The van der Waals surface area contributed by atoms with Crippen LogP contribution >= 0.6 is 27.5 Å². The molecule has 15 heavy (non-hydrogen) atoms. The van der Waals surface area contributed by atoms with Gasteiger partial charge in [-0.05, 0) is 40.2 Å². The first kappa shape index (κ1) is 10.6. The van der Waals surface area contributed by atoms with Crippen LogP contribution in [0, 0.1) is 0 Å². The van der Waals surface area contributed by atoms with E-state index in [2.05, 4.69) is 15.9 Å². The maximum absolute atomic E-state index is 6.10. The monoisotopic (exact) mass is 286 g/mol. The van der Waals surface area contributed by atoms with E-state index in [9.17, 15) is 0 Å². The smallest absolute Gasteiger partial charge is 0.136 e. The minimum atomic E-state index is 0.623. The van der Waals surface area contributed by atoms with Gasteiger partial charge in [-0.3, -0.25) is 0 Å². The van der Waals surface area contributed by atoms with Crippen LogP contribution < -0.4 is 4.74 Å². The summed E-state index contributed by atoms with van der Waals surface area (Å²) in [6, 6.07) is 7.25. The summed E-state index contributed by atoms with van der Waals surface area (Å²) >= 11 is 9.55. The lowest BCUT2D eigenvalue weighted by Crippen LogP contribution is -1.87. The summed E-state index contributed by atoms with van der Waals surface area (Å²) in [7, 11) is 1.61. The fourth-order valence-electron chi connectivity index (χ4n) is 1.34. The number of rotatable bonds is 2. The molecule has 0 saturated heterocycles. The van der Waals surface area contributed by atoms with E-state index in [1.165, 1.54) is 0 Å². The van der Waals surface area contributed by atoms with Gasteiger partial charge in [-0.15, -0.1) is 0 Å². The van der Waals surface area contributed by atoms with Crippen LogP contribution in [-0.4, -0.2) is 7.11 Å². The van der Waals surface area contributed by atoms with Crippen LogP contribution in [0.1, 0.15) is 0 Å². The molecule has 2 aromatic rings. The van der Waals surface area contributed by atoms with Crippen LogP contribution in [0.25, 0.3) is 11.3 Å². The van der Waals surface area contributed by atoms with E-state index in [4.69, 9.17) is 20.8 Å². The lowest BCUT2D eigenvalue weighted by molar-refractivity contribution is 0.412. The van der Waals surface area contributed by atoms with Crippen molar-refractivity contribution in [3.05, 3.63) is 40.0 Å². The van der Waals surface area contributed by atoms with Gasteiger partial charge in [0.15, 0.2) is 0 Å². The van der Waals surface area contributed by atoms with Crippen molar-refractivity contribution in [2.24, 2.45) is 0 Å². The summed E-state index contributed by atoms with van der Waals surface area (Å²) in [4.78, 5) is 0. The molecule has 0 fully saturated rings. The molecule has 0 unspecified atom stereocenters. The Hall–Kier alpha value is -0.930. The molecule has 2 rings (SSSR count). The zero-order valence-electron chi connectivity index (χ0n) is 7.96. The third-order valence-electron chi connectivity index (χ3n) is 2.04. The largest absolute Gasteiger partial charge is 0.496 e. The molecule has 1 aromatic heterocycles. The van der Waals surface area contributed by atoms with E-state index >= 15 is 0 Å². The van der Waals surface area contributed by atoms with Crippen molar-refractivity contribution in [2.45, 2.75) is 0 Å². The van der Waals surface area contributed by atoms with Gasteiger partial charge in [0.25, 0.3) is 0 Å². The van der Waals surface area contributed by atoms with Gasteiger partial charge in [0.1, 0.15) is 11.5 Å². The summed E-state index contributed by atoms with van der Waals surface area (Å²) in [5.41, 5.74) is 0.806. The van der Waals surface area contributed by atoms with E-state index in [1.54, 1.807) is 25.5 Å². The maximum atomic E-state index is 6.10. The van der Waals surface area contributed by atoms with Gasteiger partial charge in [0.2, 0.25) is 0 Å². The molecule has 0 N–H and O–H groups in total. The molecule has 0 bridgehead atoms. The number of furan rings is 1. The van der Waals surface area contributed by atoms with Crippen molar-refractivity contribution in [3.63, 3.8) is 0 Å². The van der Waals surface area contributed by atoms with Crippen molar-refractivity contribution in [2.75, 3.05) is 7.11 Å². The quantitative estimate of drug-likeness (QED) is 0.818. The fourth-order valence-corrected chi connectivity index (χ4v) is 2.41. The van der Waals surface area contributed by atoms with Crippen molar-refractivity contribution >= 4 is 27.5 Å². The Morgan fingerprint density at radius 2 is 2.13 bits per heavy atom. The van der Waals surface area contributed by atoms with Crippen LogP contribution in [0.5, 0.6) is 5.75 Å². The highest BCUT2D eigenvalue weighted by Gasteiger charge is 2.14. The Balaban J connectivity index is 2.64. The minimum absolute atomic E-state index is 0.623. The van der Waals surface area contributed by atoms with Gasteiger partial charge in [-0.2, -0.15) is 0 Å². The van der Waals surface area contributed by atoms with Crippen LogP contribution in [0.4, 0.5) is 0 Å². The highest BCUT2D eigenvalue weighted by Crippen LogP contribution is 2.40. The molecule has 0 radical (unpaired) electrons. The summed E-state index contributed by atoms with van der Waals surface area (Å²) in [5, 5.41) is 0.623. The molecule has 4 heteroatoms. The third kappa shape index (κ3) is 1.90. The molecule has 1 aromatic carbocycles. The second kappa shape index (κ2) is 4.29. The molecule has 0 atom stereocenters. The van der Waals surface area contributed by atoms with E-state index in [0.717, 1.165) is 15.8 Å². The highest BCUT2D eigenvalue weighted by molar-refractivity contribution is 9.10. The Kier molecular flexibility index (Phi) is 3.03. The SMILES string of the molecule is COc1ccc(Cl)c(-c2ccco2)c1Br.